The van der Waals surface area contributed by atoms with Crippen LogP contribution >= 0.6 is 23.2 Å². The number of aromatic nitrogens is 1. The summed E-state index contributed by atoms with van der Waals surface area (Å²) in [6.45, 7) is 0.245. The number of phenolic OH excluding ortho intramolecular Hbond substituents is 1. The maximum absolute atomic E-state index is 12.6. The Morgan fingerprint density at radius 3 is 2.64 bits per heavy atom. The van der Waals surface area contributed by atoms with Crippen LogP contribution < -0.4 is 11.0 Å². The fraction of sp³-hybridized carbons (Fsp3) is 0.0500. The van der Waals surface area contributed by atoms with E-state index in [9.17, 15) is 14.7 Å². The molecule has 0 atom stereocenters. The number of halogens is 2. The molecule has 0 fully saturated rings. The molecule has 0 spiro atoms. The highest BCUT2D eigenvalue weighted by Gasteiger charge is 2.12. The number of rotatable bonds is 5. The van der Waals surface area contributed by atoms with Crippen molar-refractivity contribution in [1.29, 1.82) is 0 Å². The Balaban J connectivity index is 1.75. The van der Waals surface area contributed by atoms with E-state index < -0.39 is 11.5 Å². The highest BCUT2D eigenvalue weighted by molar-refractivity contribution is 6.32. The molecule has 3 aromatic rings. The van der Waals surface area contributed by atoms with Gasteiger partial charge in [0, 0.05) is 11.2 Å². The molecular weight excluding hydrogens is 401 g/mol. The highest BCUT2D eigenvalue weighted by atomic mass is 35.5. The predicted octanol–water partition coefficient (Wildman–Crippen LogP) is 3.67. The lowest BCUT2D eigenvalue weighted by Crippen LogP contribution is -2.30. The lowest BCUT2D eigenvalue weighted by atomic mass is 10.2. The minimum absolute atomic E-state index is 0.0459. The first-order valence-corrected chi connectivity index (χ1v) is 8.96. The molecule has 1 aromatic heterocycles. The van der Waals surface area contributed by atoms with Gasteiger partial charge < -0.3 is 9.67 Å². The predicted molar refractivity (Wildman–Crippen MR) is 109 cm³/mol. The fourth-order valence-corrected chi connectivity index (χ4v) is 2.86. The van der Waals surface area contributed by atoms with Crippen LogP contribution in [0.1, 0.15) is 21.5 Å². The summed E-state index contributed by atoms with van der Waals surface area (Å²) in [6.07, 6.45) is 2.94. The maximum Gasteiger partial charge on any atom is 0.276 e. The van der Waals surface area contributed by atoms with Crippen molar-refractivity contribution >= 4 is 35.3 Å². The van der Waals surface area contributed by atoms with Crippen LogP contribution in [0.15, 0.2) is 70.7 Å². The standard InChI is InChI=1S/C20H15Cl2N3O3/c21-16-6-2-1-4-14(16)12-25-9-3-5-15(20(25)28)19(27)24-23-11-13-7-8-18(26)17(22)10-13/h1-11,26H,12H2,(H,24,27)/b23-11-. The van der Waals surface area contributed by atoms with Gasteiger partial charge in [0.1, 0.15) is 11.3 Å². The number of hydrogen-bond donors (Lipinski definition) is 2. The smallest absolute Gasteiger partial charge is 0.276 e. The summed E-state index contributed by atoms with van der Waals surface area (Å²) in [5.41, 5.74) is 3.15. The molecular formula is C20H15Cl2N3O3. The molecule has 1 amide bonds. The molecule has 28 heavy (non-hydrogen) atoms. The Labute approximate surface area is 170 Å². The first kappa shape index (κ1) is 19.7. The van der Waals surface area contributed by atoms with E-state index in [2.05, 4.69) is 10.5 Å². The van der Waals surface area contributed by atoms with Gasteiger partial charge in [-0.25, -0.2) is 5.43 Å². The molecule has 0 saturated heterocycles. The first-order valence-electron chi connectivity index (χ1n) is 8.20. The van der Waals surface area contributed by atoms with Gasteiger partial charge in [0.15, 0.2) is 0 Å². The fourth-order valence-electron chi connectivity index (χ4n) is 2.47. The second-order valence-corrected chi connectivity index (χ2v) is 6.67. The molecule has 2 N–H and O–H groups in total. The molecule has 0 radical (unpaired) electrons. The molecule has 142 valence electrons. The minimum atomic E-state index is -0.639. The molecule has 1 heterocycles. The van der Waals surface area contributed by atoms with Crippen molar-refractivity contribution in [1.82, 2.24) is 9.99 Å². The Morgan fingerprint density at radius 1 is 1.11 bits per heavy atom. The van der Waals surface area contributed by atoms with Crippen LogP contribution in [0.4, 0.5) is 0 Å². The third kappa shape index (κ3) is 4.60. The summed E-state index contributed by atoms with van der Waals surface area (Å²) in [5, 5.41) is 13.9. The number of pyridine rings is 1. The van der Waals surface area contributed by atoms with Crippen LogP contribution in [0.2, 0.25) is 10.0 Å². The minimum Gasteiger partial charge on any atom is -0.506 e. The highest BCUT2D eigenvalue weighted by Crippen LogP contribution is 2.22. The van der Waals surface area contributed by atoms with Gasteiger partial charge in [-0.3, -0.25) is 9.59 Å². The van der Waals surface area contributed by atoms with E-state index in [0.717, 1.165) is 5.56 Å². The van der Waals surface area contributed by atoms with Crippen LogP contribution in [0.5, 0.6) is 5.75 Å². The van der Waals surface area contributed by atoms with E-state index in [0.29, 0.717) is 10.6 Å². The number of nitrogens with zero attached hydrogens (tertiary/aromatic N) is 2. The Hall–Kier alpha value is -3.09. The average Bonchev–Trinajstić information content (AvgIpc) is 2.68. The van der Waals surface area contributed by atoms with Gasteiger partial charge in [0.2, 0.25) is 0 Å². The Bertz CT molecular complexity index is 1110. The van der Waals surface area contributed by atoms with Crippen molar-refractivity contribution < 1.29 is 9.90 Å². The third-order valence-corrected chi connectivity index (χ3v) is 4.59. The van der Waals surface area contributed by atoms with Crippen molar-refractivity contribution in [3.63, 3.8) is 0 Å². The van der Waals surface area contributed by atoms with E-state index >= 15 is 0 Å². The van der Waals surface area contributed by atoms with Gasteiger partial charge >= 0.3 is 0 Å². The summed E-state index contributed by atoms with van der Waals surface area (Å²) in [5.74, 6) is -0.689. The van der Waals surface area contributed by atoms with Crippen molar-refractivity contribution in [2.24, 2.45) is 5.10 Å². The van der Waals surface area contributed by atoms with Gasteiger partial charge in [-0.15, -0.1) is 0 Å². The van der Waals surface area contributed by atoms with Gasteiger partial charge in [-0.2, -0.15) is 5.10 Å². The van der Waals surface area contributed by atoms with Crippen LogP contribution in [-0.2, 0) is 6.54 Å². The number of carbonyl (C=O) groups is 1. The molecule has 3 rings (SSSR count). The lowest BCUT2D eigenvalue weighted by Gasteiger charge is -2.09. The number of phenols is 1. The summed E-state index contributed by atoms with van der Waals surface area (Å²) >= 11 is 12.0. The third-order valence-electron chi connectivity index (χ3n) is 3.91. The molecule has 8 heteroatoms. The lowest BCUT2D eigenvalue weighted by molar-refractivity contribution is 0.0953. The van der Waals surface area contributed by atoms with E-state index in [4.69, 9.17) is 23.2 Å². The Kier molecular flexibility index (Phi) is 6.13. The van der Waals surface area contributed by atoms with Crippen molar-refractivity contribution in [3.05, 3.63) is 97.9 Å². The Morgan fingerprint density at radius 2 is 1.89 bits per heavy atom. The summed E-state index contributed by atoms with van der Waals surface area (Å²) in [6, 6.07) is 14.7. The number of hydrazone groups is 1. The molecule has 6 nitrogen and oxygen atoms in total. The maximum atomic E-state index is 12.6. The van der Waals surface area contributed by atoms with Gasteiger partial charge in [0.05, 0.1) is 17.8 Å². The SMILES string of the molecule is O=C(N/N=C\c1ccc(O)c(Cl)c1)c1cccn(Cc2ccccc2Cl)c1=O. The average molecular weight is 416 g/mol. The molecule has 0 bridgehead atoms. The molecule has 0 saturated carbocycles. The van der Waals surface area contributed by atoms with Crippen LogP contribution in [0, 0.1) is 0 Å². The zero-order valence-electron chi connectivity index (χ0n) is 14.5. The van der Waals surface area contributed by atoms with Crippen LogP contribution in [-0.4, -0.2) is 21.8 Å². The van der Waals surface area contributed by atoms with Gasteiger partial charge in [-0.05, 0) is 47.5 Å². The number of carbonyl (C=O) groups excluding carboxylic acids is 1. The summed E-state index contributed by atoms with van der Waals surface area (Å²) in [7, 11) is 0. The monoisotopic (exact) mass is 415 g/mol. The number of benzene rings is 2. The number of hydrogen-bond acceptors (Lipinski definition) is 4. The van der Waals surface area contributed by atoms with Crippen LogP contribution in [0.3, 0.4) is 0 Å². The second kappa shape index (κ2) is 8.73. The zero-order valence-corrected chi connectivity index (χ0v) is 16.0. The zero-order chi connectivity index (χ0) is 20.1. The van der Waals surface area contributed by atoms with E-state index in [1.54, 1.807) is 30.5 Å². The normalized spacial score (nSPS) is 10.9. The topological polar surface area (TPSA) is 83.7 Å². The summed E-state index contributed by atoms with van der Waals surface area (Å²) in [4.78, 5) is 24.9. The summed E-state index contributed by atoms with van der Waals surface area (Å²) < 4.78 is 1.40. The van der Waals surface area contributed by atoms with Crippen molar-refractivity contribution in [2.75, 3.05) is 0 Å². The van der Waals surface area contributed by atoms with Crippen molar-refractivity contribution in [2.45, 2.75) is 6.54 Å². The first-order chi connectivity index (χ1) is 13.5. The molecule has 2 aromatic carbocycles. The van der Waals surface area contributed by atoms with E-state index in [-0.39, 0.29) is 22.9 Å². The quantitative estimate of drug-likeness (QED) is 0.492. The number of nitrogens with one attached hydrogen (secondary N) is 1. The molecule has 0 unspecified atom stereocenters. The van der Waals surface area contributed by atoms with E-state index in [1.165, 1.54) is 29.0 Å². The van der Waals surface area contributed by atoms with Crippen LogP contribution in [0.25, 0.3) is 0 Å². The van der Waals surface area contributed by atoms with Gasteiger partial charge in [0.25, 0.3) is 11.5 Å². The molecule has 0 aliphatic rings. The molecule has 0 aliphatic heterocycles. The number of amides is 1. The number of aromatic hydroxyl groups is 1. The van der Waals surface area contributed by atoms with Gasteiger partial charge in [-0.1, -0.05) is 41.4 Å². The van der Waals surface area contributed by atoms with Crippen molar-refractivity contribution in [3.8, 4) is 5.75 Å². The molecule has 0 aliphatic carbocycles. The van der Waals surface area contributed by atoms with E-state index in [1.807, 2.05) is 12.1 Å². The second-order valence-electron chi connectivity index (χ2n) is 5.86. The largest absolute Gasteiger partial charge is 0.506 e.